The maximum absolute atomic E-state index is 13.6. The fourth-order valence-corrected chi connectivity index (χ4v) is 3.14. The summed E-state index contributed by atoms with van der Waals surface area (Å²) >= 11 is 0. The molecule has 5 nitrogen and oxygen atoms in total. The minimum absolute atomic E-state index is 0.130. The average Bonchev–Trinajstić information content (AvgIpc) is 3.07. The Morgan fingerprint density at radius 3 is 2.65 bits per heavy atom. The number of hydrogen-bond donors (Lipinski definition) is 2. The summed E-state index contributed by atoms with van der Waals surface area (Å²) in [5.41, 5.74) is 0.491. The van der Waals surface area contributed by atoms with E-state index < -0.39 is 17.6 Å². The predicted octanol–water partition coefficient (Wildman–Crippen LogP) is 3.76. The van der Waals surface area contributed by atoms with Crippen molar-refractivity contribution in [3.8, 4) is 0 Å². The van der Waals surface area contributed by atoms with E-state index in [0.717, 1.165) is 12.5 Å². The van der Waals surface area contributed by atoms with Crippen molar-refractivity contribution in [2.24, 2.45) is 5.92 Å². The van der Waals surface area contributed by atoms with Crippen LogP contribution in [0.5, 0.6) is 0 Å². The Kier molecular flexibility index (Phi) is 5.16. The minimum Gasteiger partial charge on any atom is -0.478 e. The number of amides is 2. The molecule has 2 N–H and O–H groups in total. The molecule has 2 amide bonds. The van der Waals surface area contributed by atoms with Crippen LogP contribution in [0.15, 0.2) is 42.5 Å². The zero-order chi connectivity index (χ0) is 18.7. The Bertz CT molecular complexity index is 841. The van der Waals surface area contributed by atoms with E-state index >= 15 is 0 Å². The first-order chi connectivity index (χ1) is 12.4. The van der Waals surface area contributed by atoms with Gasteiger partial charge in [-0.25, -0.2) is 18.4 Å². The summed E-state index contributed by atoms with van der Waals surface area (Å²) < 4.78 is 27.1. The fraction of sp³-hybridized carbons (Fsp3) is 0.263. The Hall–Kier alpha value is -2.96. The molecule has 0 spiro atoms. The lowest BCUT2D eigenvalue weighted by Crippen LogP contribution is -2.33. The number of aromatic carboxylic acids is 1. The van der Waals surface area contributed by atoms with Crippen molar-refractivity contribution in [3.05, 3.63) is 65.2 Å². The van der Waals surface area contributed by atoms with Gasteiger partial charge in [-0.3, -0.25) is 0 Å². The van der Waals surface area contributed by atoms with Crippen LogP contribution in [0.4, 0.5) is 19.3 Å². The summed E-state index contributed by atoms with van der Waals surface area (Å²) in [4.78, 5) is 24.9. The predicted molar refractivity (Wildman–Crippen MR) is 92.2 cm³/mol. The first kappa shape index (κ1) is 17.8. The molecule has 0 aromatic heterocycles. The molecule has 1 fully saturated rings. The molecule has 1 aliphatic heterocycles. The van der Waals surface area contributed by atoms with Gasteiger partial charge >= 0.3 is 12.0 Å². The second-order valence-corrected chi connectivity index (χ2v) is 6.33. The molecule has 1 unspecified atom stereocenters. The molecule has 1 atom stereocenters. The lowest BCUT2D eigenvalue weighted by atomic mass is 9.97. The second kappa shape index (κ2) is 7.51. The maximum Gasteiger partial charge on any atom is 0.338 e. The van der Waals surface area contributed by atoms with Crippen LogP contribution >= 0.6 is 0 Å². The van der Waals surface area contributed by atoms with Crippen LogP contribution in [0.3, 0.4) is 0 Å². The maximum atomic E-state index is 13.6. The van der Waals surface area contributed by atoms with Crippen LogP contribution in [0.2, 0.25) is 0 Å². The molecule has 0 saturated carbocycles. The van der Waals surface area contributed by atoms with Crippen LogP contribution in [0.1, 0.15) is 22.3 Å². The lowest BCUT2D eigenvalue weighted by molar-refractivity contribution is 0.0691. The van der Waals surface area contributed by atoms with Crippen LogP contribution in [0, 0.1) is 17.6 Å². The number of nitrogens with zero attached hydrogens (tertiary/aromatic N) is 1. The third-order valence-electron chi connectivity index (χ3n) is 4.47. The highest BCUT2D eigenvalue weighted by molar-refractivity contribution is 5.89. The van der Waals surface area contributed by atoms with Crippen LogP contribution in [0.25, 0.3) is 0 Å². The number of hydrogen-bond acceptors (Lipinski definition) is 2. The highest BCUT2D eigenvalue weighted by Crippen LogP contribution is 2.23. The van der Waals surface area contributed by atoms with Crippen molar-refractivity contribution < 1.29 is 23.5 Å². The molecule has 3 rings (SSSR count). The number of benzene rings is 2. The van der Waals surface area contributed by atoms with Crippen molar-refractivity contribution in [2.45, 2.75) is 12.8 Å². The van der Waals surface area contributed by atoms with Crippen molar-refractivity contribution in [3.63, 3.8) is 0 Å². The number of halogens is 2. The van der Waals surface area contributed by atoms with Gasteiger partial charge in [0.15, 0.2) is 0 Å². The van der Waals surface area contributed by atoms with E-state index in [1.54, 1.807) is 23.1 Å². The highest BCUT2D eigenvalue weighted by Gasteiger charge is 2.27. The number of carbonyl (C=O) groups excluding carboxylic acids is 1. The molecule has 2 aromatic rings. The van der Waals surface area contributed by atoms with E-state index in [0.29, 0.717) is 25.1 Å². The first-order valence-corrected chi connectivity index (χ1v) is 8.26. The van der Waals surface area contributed by atoms with Gasteiger partial charge in [-0.2, -0.15) is 0 Å². The molecule has 1 heterocycles. The molecule has 7 heteroatoms. The number of nitrogens with one attached hydrogen (secondary N) is 1. The Morgan fingerprint density at radius 1 is 1.15 bits per heavy atom. The fourth-order valence-electron chi connectivity index (χ4n) is 3.14. The topological polar surface area (TPSA) is 69.6 Å². The smallest absolute Gasteiger partial charge is 0.338 e. The summed E-state index contributed by atoms with van der Waals surface area (Å²) in [6.07, 6.45) is 1.29. The lowest BCUT2D eigenvalue weighted by Gasteiger charge is -2.18. The number of carboxylic acids is 1. The zero-order valence-electron chi connectivity index (χ0n) is 13.9. The van der Waals surface area contributed by atoms with Crippen LogP contribution < -0.4 is 5.32 Å². The molecule has 2 aromatic carbocycles. The molecule has 1 aliphatic rings. The van der Waals surface area contributed by atoms with Crippen LogP contribution in [-0.4, -0.2) is 35.1 Å². The van der Waals surface area contributed by atoms with Gasteiger partial charge in [0.2, 0.25) is 0 Å². The number of likely N-dealkylation sites (tertiary alicyclic amines) is 1. The van der Waals surface area contributed by atoms with Crippen molar-refractivity contribution in [2.75, 3.05) is 18.4 Å². The molecule has 0 aliphatic carbocycles. The van der Waals surface area contributed by atoms with Crippen molar-refractivity contribution >= 4 is 17.7 Å². The quantitative estimate of drug-likeness (QED) is 0.872. The zero-order valence-corrected chi connectivity index (χ0v) is 13.9. The van der Waals surface area contributed by atoms with E-state index in [1.165, 1.54) is 18.2 Å². The number of rotatable bonds is 4. The van der Waals surface area contributed by atoms with Gasteiger partial charge in [0.1, 0.15) is 11.6 Å². The van der Waals surface area contributed by atoms with Gasteiger partial charge in [0, 0.05) is 13.1 Å². The van der Waals surface area contributed by atoms with E-state index in [1.807, 2.05) is 0 Å². The van der Waals surface area contributed by atoms with Gasteiger partial charge in [-0.15, -0.1) is 0 Å². The van der Waals surface area contributed by atoms with Crippen molar-refractivity contribution in [1.29, 1.82) is 0 Å². The number of carboxylic acid groups (broad SMARTS) is 1. The number of anilines is 1. The SMILES string of the molecule is O=C(O)c1cc(CC2CCN(C(=O)Nc3ccccc3F)C2)ccc1F. The van der Waals surface area contributed by atoms with Gasteiger partial charge in [0.25, 0.3) is 0 Å². The summed E-state index contributed by atoms with van der Waals surface area (Å²) in [7, 11) is 0. The Labute approximate surface area is 149 Å². The molecule has 136 valence electrons. The van der Waals surface area contributed by atoms with Crippen LogP contribution in [-0.2, 0) is 6.42 Å². The largest absolute Gasteiger partial charge is 0.478 e. The number of urea groups is 1. The molecular weight excluding hydrogens is 342 g/mol. The monoisotopic (exact) mass is 360 g/mol. The average molecular weight is 360 g/mol. The molecule has 1 saturated heterocycles. The molecule has 26 heavy (non-hydrogen) atoms. The summed E-state index contributed by atoms with van der Waals surface area (Å²) in [5, 5.41) is 11.5. The van der Waals surface area contributed by atoms with Gasteiger partial charge in [-0.05, 0) is 48.6 Å². The Morgan fingerprint density at radius 2 is 1.92 bits per heavy atom. The van der Waals surface area contributed by atoms with Gasteiger partial charge < -0.3 is 15.3 Å². The second-order valence-electron chi connectivity index (χ2n) is 6.33. The van der Waals surface area contributed by atoms with E-state index in [-0.39, 0.29) is 23.2 Å². The summed E-state index contributed by atoms with van der Waals surface area (Å²) in [6, 6.07) is 9.62. The third kappa shape index (κ3) is 3.99. The minimum atomic E-state index is -1.30. The molecular formula is C19H18F2N2O3. The standard InChI is InChI=1S/C19H18F2N2O3/c20-15-6-5-12(10-14(15)18(24)25)9-13-7-8-23(11-13)19(26)22-17-4-2-1-3-16(17)21/h1-6,10,13H,7-9,11H2,(H,22,26)(H,24,25). The molecule has 0 radical (unpaired) electrons. The third-order valence-corrected chi connectivity index (χ3v) is 4.47. The van der Waals surface area contributed by atoms with Gasteiger partial charge in [0.05, 0.1) is 11.3 Å². The number of carbonyl (C=O) groups is 2. The molecule has 0 bridgehead atoms. The number of para-hydroxylation sites is 1. The van der Waals surface area contributed by atoms with Crippen molar-refractivity contribution in [1.82, 2.24) is 4.90 Å². The first-order valence-electron chi connectivity index (χ1n) is 8.26. The van der Waals surface area contributed by atoms with E-state index in [4.69, 9.17) is 5.11 Å². The normalized spacial score (nSPS) is 16.5. The highest BCUT2D eigenvalue weighted by atomic mass is 19.1. The summed E-state index contributed by atoms with van der Waals surface area (Å²) in [6.45, 7) is 0.998. The van der Waals surface area contributed by atoms with E-state index in [2.05, 4.69) is 5.32 Å². The summed E-state index contributed by atoms with van der Waals surface area (Å²) in [5.74, 6) is -2.43. The van der Waals surface area contributed by atoms with Gasteiger partial charge in [-0.1, -0.05) is 18.2 Å². The Balaban J connectivity index is 1.60. The van der Waals surface area contributed by atoms with E-state index in [9.17, 15) is 18.4 Å².